The summed E-state index contributed by atoms with van der Waals surface area (Å²) in [5.74, 6) is 1.55. The van der Waals surface area contributed by atoms with Crippen molar-refractivity contribution in [1.82, 2.24) is 14.9 Å². The number of anilines is 1. The molecule has 3 rings (SSSR count). The summed E-state index contributed by atoms with van der Waals surface area (Å²) in [4.78, 5) is 25.4. The van der Waals surface area contributed by atoms with E-state index < -0.39 is 0 Å². The molecule has 1 saturated heterocycles. The van der Waals surface area contributed by atoms with E-state index in [4.69, 9.17) is 0 Å². The van der Waals surface area contributed by atoms with Crippen LogP contribution in [-0.4, -0.2) is 47.0 Å². The number of nitrogens with zero attached hydrogens (tertiary/aromatic N) is 4. The lowest BCUT2D eigenvalue weighted by Gasteiger charge is -2.40. The van der Waals surface area contributed by atoms with Crippen LogP contribution < -0.4 is 4.90 Å². The minimum absolute atomic E-state index is 0.282. The van der Waals surface area contributed by atoms with E-state index in [1.807, 2.05) is 25.1 Å². The van der Waals surface area contributed by atoms with Crippen molar-refractivity contribution in [1.29, 1.82) is 0 Å². The van der Waals surface area contributed by atoms with Gasteiger partial charge in [-0.1, -0.05) is 6.42 Å². The second-order valence-electron chi connectivity index (χ2n) is 6.34. The van der Waals surface area contributed by atoms with Crippen LogP contribution in [0.4, 0.5) is 5.82 Å². The number of amides is 1. The molecule has 0 N–H and O–H groups in total. The largest absolute Gasteiger partial charge is 0.353 e. The number of hydrogen-bond acceptors (Lipinski definition) is 4. The van der Waals surface area contributed by atoms with Crippen LogP contribution in [0.5, 0.6) is 0 Å². The van der Waals surface area contributed by atoms with Gasteiger partial charge in [0.15, 0.2) is 0 Å². The molecule has 5 heteroatoms. The Labute approximate surface area is 126 Å². The first-order valence-corrected chi connectivity index (χ1v) is 7.95. The molecule has 5 nitrogen and oxygen atoms in total. The molecule has 0 radical (unpaired) electrons. The first-order valence-electron chi connectivity index (χ1n) is 7.95. The average molecular weight is 288 g/mol. The highest BCUT2D eigenvalue weighted by Gasteiger charge is 2.33. The van der Waals surface area contributed by atoms with Crippen molar-refractivity contribution in [2.24, 2.45) is 5.92 Å². The Kier molecular flexibility index (Phi) is 4.08. The van der Waals surface area contributed by atoms with Gasteiger partial charge < -0.3 is 9.80 Å². The molecule has 1 saturated carbocycles. The summed E-state index contributed by atoms with van der Waals surface area (Å²) in [6, 6.07) is 0.300. The minimum Gasteiger partial charge on any atom is -0.353 e. The quantitative estimate of drug-likeness (QED) is 0.854. The van der Waals surface area contributed by atoms with Crippen LogP contribution in [0, 0.1) is 12.8 Å². The fourth-order valence-corrected chi connectivity index (χ4v) is 3.20. The molecule has 2 aliphatic rings. The van der Waals surface area contributed by atoms with Gasteiger partial charge in [0.25, 0.3) is 0 Å². The maximum Gasteiger partial charge on any atom is 0.225 e. The zero-order valence-corrected chi connectivity index (χ0v) is 13.0. The Morgan fingerprint density at radius 3 is 2.76 bits per heavy atom. The SMILES string of the molecule is Cc1cncc(N2CCCC(N(C)C(=O)C3CCC3)C2)n1. The Morgan fingerprint density at radius 1 is 1.29 bits per heavy atom. The van der Waals surface area contributed by atoms with E-state index in [1.54, 1.807) is 6.20 Å². The van der Waals surface area contributed by atoms with Gasteiger partial charge in [-0.3, -0.25) is 9.78 Å². The van der Waals surface area contributed by atoms with Crippen molar-refractivity contribution in [3.8, 4) is 0 Å². The van der Waals surface area contributed by atoms with E-state index in [1.165, 1.54) is 6.42 Å². The van der Waals surface area contributed by atoms with Crippen LogP contribution in [0.3, 0.4) is 0 Å². The van der Waals surface area contributed by atoms with Crippen molar-refractivity contribution in [3.05, 3.63) is 18.1 Å². The molecule has 2 heterocycles. The van der Waals surface area contributed by atoms with E-state index in [0.717, 1.165) is 50.3 Å². The molecule has 1 aromatic rings. The fraction of sp³-hybridized carbons (Fsp3) is 0.688. The number of carbonyl (C=O) groups is 1. The molecular formula is C16H24N4O. The number of carbonyl (C=O) groups excluding carboxylic acids is 1. The third-order valence-electron chi connectivity index (χ3n) is 4.81. The van der Waals surface area contributed by atoms with Crippen molar-refractivity contribution >= 4 is 11.7 Å². The van der Waals surface area contributed by atoms with E-state index in [-0.39, 0.29) is 5.92 Å². The highest BCUT2D eigenvalue weighted by Crippen LogP contribution is 2.29. The molecule has 0 bridgehead atoms. The topological polar surface area (TPSA) is 49.3 Å². The first kappa shape index (κ1) is 14.3. The van der Waals surface area contributed by atoms with E-state index >= 15 is 0 Å². The molecule has 0 aromatic carbocycles. The van der Waals surface area contributed by atoms with Crippen LogP contribution in [0.1, 0.15) is 37.8 Å². The second-order valence-corrected chi connectivity index (χ2v) is 6.34. The molecule has 1 aliphatic carbocycles. The van der Waals surface area contributed by atoms with E-state index in [9.17, 15) is 4.79 Å². The fourth-order valence-electron chi connectivity index (χ4n) is 3.20. The molecule has 21 heavy (non-hydrogen) atoms. The number of rotatable bonds is 3. The van der Waals surface area contributed by atoms with Gasteiger partial charge in [-0.2, -0.15) is 0 Å². The molecule has 0 spiro atoms. The molecular weight excluding hydrogens is 264 g/mol. The van der Waals surface area contributed by atoms with Crippen molar-refractivity contribution in [3.63, 3.8) is 0 Å². The summed E-state index contributed by atoms with van der Waals surface area (Å²) in [6.07, 6.45) is 9.14. The maximum absolute atomic E-state index is 12.4. The van der Waals surface area contributed by atoms with Gasteiger partial charge in [0.05, 0.1) is 11.9 Å². The van der Waals surface area contributed by atoms with Crippen molar-refractivity contribution in [2.75, 3.05) is 25.0 Å². The Hall–Kier alpha value is -1.65. The maximum atomic E-state index is 12.4. The van der Waals surface area contributed by atoms with Crippen LogP contribution in [0.25, 0.3) is 0 Å². The molecule has 1 unspecified atom stereocenters. The number of hydrogen-bond donors (Lipinski definition) is 0. The average Bonchev–Trinajstić information content (AvgIpc) is 2.45. The lowest BCUT2D eigenvalue weighted by Crippen LogP contribution is -2.51. The first-order chi connectivity index (χ1) is 10.1. The van der Waals surface area contributed by atoms with E-state index in [2.05, 4.69) is 14.9 Å². The summed E-state index contributed by atoms with van der Waals surface area (Å²) >= 11 is 0. The summed E-state index contributed by atoms with van der Waals surface area (Å²) < 4.78 is 0. The third kappa shape index (κ3) is 3.01. The van der Waals surface area contributed by atoms with Crippen molar-refractivity contribution < 1.29 is 4.79 Å². The van der Waals surface area contributed by atoms with Gasteiger partial charge in [0, 0.05) is 38.3 Å². The molecule has 1 atom stereocenters. The molecule has 2 fully saturated rings. The number of likely N-dealkylation sites (N-methyl/N-ethyl adjacent to an activating group) is 1. The van der Waals surface area contributed by atoms with Crippen LogP contribution >= 0.6 is 0 Å². The summed E-state index contributed by atoms with van der Waals surface area (Å²) in [7, 11) is 1.97. The number of aromatic nitrogens is 2. The van der Waals surface area contributed by atoms with Gasteiger partial charge >= 0.3 is 0 Å². The molecule has 1 aliphatic heterocycles. The van der Waals surface area contributed by atoms with Gasteiger partial charge in [-0.15, -0.1) is 0 Å². The molecule has 1 amide bonds. The standard InChI is InChI=1S/C16H24N4O/c1-12-9-17-10-15(18-12)20-8-4-7-14(11-20)19(2)16(21)13-5-3-6-13/h9-10,13-14H,3-8,11H2,1-2H3. The van der Waals surface area contributed by atoms with Crippen LogP contribution in [0.2, 0.25) is 0 Å². The lowest BCUT2D eigenvalue weighted by atomic mass is 9.84. The zero-order valence-electron chi connectivity index (χ0n) is 13.0. The second kappa shape index (κ2) is 6.00. The summed E-state index contributed by atoms with van der Waals surface area (Å²) in [5, 5.41) is 0. The van der Waals surface area contributed by atoms with Crippen molar-refractivity contribution in [2.45, 2.75) is 45.1 Å². The number of aryl methyl sites for hydroxylation is 1. The molecule has 1 aromatic heterocycles. The summed E-state index contributed by atoms with van der Waals surface area (Å²) in [6.45, 7) is 3.83. The Bertz CT molecular complexity index is 515. The summed E-state index contributed by atoms with van der Waals surface area (Å²) in [5.41, 5.74) is 0.938. The Morgan fingerprint density at radius 2 is 2.10 bits per heavy atom. The van der Waals surface area contributed by atoms with Gasteiger partial charge in [0.2, 0.25) is 5.91 Å². The minimum atomic E-state index is 0.282. The monoisotopic (exact) mass is 288 g/mol. The predicted molar refractivity (Wildman–Crippen MR) is 82.1 cm³/mol. The van der Waals surface area contributed by atoms with Crippen LogP contribution in [0.15, 0.2) is 12.4 Å². The number of piperidine rings is 1. The lowest BCUT2D eigenvalue weighted by molar-refractivity contribution is -0.139. The zero-order chi connectivity index (χ0) is 14.8. The van der Waals surface area contributed by atoms with Gasteiger partial charge in [0.1, 0.15) is 5.82 Å². The van der Waals surface area contributed by atoms with Gasteiger partial charge in [-0.25, -0.2) is 4.98 Å². The highest BCUT2D eigenvalue weighted by atomic mass is 16.2. The molecule has 114 valence electrons. The van der Waals surface area contributed by atoms with Gasteiger partial charge in [-0.05, 0) is 32.6 Å². The normalized spacial score (nSPS) is 22.8. The predicted octanol–water partition coefficient (Wildman–Crippen LogP) is 2.01. The third-order valence-corrected chi connectivity index (χ3v) is 4.81. The Balaban J connectivity index is 1.66. The van der Waals surface area contributed by atoms with E-state index in [0.29, 0.717) is 11.9 Å². The highest BCUT2D eigenvalue weighted by molar-refractivity contribution is 5.79. The van der Waals surface area contributed by atoms with Crippen LogP contribution in [-0.2, 0) is 4.79 Å². The smallest absolute Gasteiger partial charge is 0.225 e.